The molecule has 0 aromatic heterocycles. The standard InChI is InChI=1S/C12H15NO4/c14-7-12(3-4-12)6-13-11(17)9-5-8(15)1-2-10(9)16/h1-2,5,14-16H,3-4,6-7H2,(H,13,17). The number of aliphatic hydroxyl groups excluding tert-OH is 1. The highest BCUT2D eigenvalue weighted by molar-refractivity contribution is 5.97. The van der Waals surface area contributed by atoms with Gasteiger partial charge in [0.2, 0.25) is 0 Å². The van der Waals surface area contributed by atoms with Gasteiger partial charge in [-0.15, -0.1) is 0 Å². The molecule has 5 heteroatoms. The number of carbonyl (C=O) groups is 1. The van der Waals surface area contributed by atoms with Gasteiger partial charge in [0.25, 0.3) is 5.91 Å². The number of hydrogen-bond donors (Lipinski definition) is 4. The summed E-state index contributed by atoms with van der Waals surface area (Å²) in [5.41, 5.74) is -0.138. The van der Waals surface area contributed by atoms with Crippen LogP contribution in [0.3, 0.4) is 0 Å². The molecule has 2 rings (SSSR count). The Balaban J connectivity index is 2.02. The topological polar surface area (TPSA) is 89.8 Å². The molecule has 0 saturated heterocycles. The van der Waals surface area contributed by atoms with Crippen molar-refractivity contribution in [3.05, 3.63) is 23.8 Å². The maximum absolute atomic E-state index is 11.7. The van der Waals surface area contributed by atoms with E-state index in [1.54, 1.807) is 0 Å². The van der Waals surface area contributed by atoms with Crippen molar-refractivity contribution in [1.29, 1.82) is 0 Å². The summed E-state index contributed by atoms with van der Waals surface area (Å²) in [6.45, 7) is 0.441. The number of amides is 1. The lowest BCUT2D eigenvalue weighted by atomic mass is 10.1. The van der Waals surface area contributed by atoms with E-state index in [-0.39, 0.29) is 29.1 Å². The van der Waals surface area contributed by atoms with Crippen LogP contribution in [0, 0.1) is 5.41 Å². The molecule has 1 aliphatic rings. The minimum Gasteiger partial charge on any atom is -0.508 e. The average molecular weight is 237 g/mol. The third kappa shape index (κ3) is 2.50. The second kappa shape index (κ2) is 4.25. The summed E-state index contributed by atoms with van der Waals surface area (Å²) in [4.78, 5) is 11.7. The van der Waals surface area contributed by atoms with E-state index in [0.29, 0.717) is 6.54 Å². The highest BCUT2D eigenvalue weighted by atomic mass is 16.3. The minimum atomic E-state index is -0.446. The molecule has 0 aliphatic heterocycles. The second-order valence-electron chi connectivity index (χ2n) is 4.54. The van der Waals surface area contributed by atoms with E-state index in [1.165, 1.54) is 18.2 Å². The maximum atomic E-state index is 11.7. The Morgan fingerprint density at radius 3 is 2.65 bits per heavy atom. The highest BCUT2D eigenvalue weighted by Crippen LogP contribution is 2.44. The third-order valence-corrected chi connectivity index (χ3v) is 3.14. The zero-order valence-electron chi connectivity index (χ0n) is 9.31. The van der Waals surface area contributed by atoms with Gasteiger partial charge in [-0.2, -0.15) is 0 Å². The van der Waals surface area contributed by atoms with Gasteiger partial charge in [-0.25, -0.2) is 0 Å². The lowest BCUT2D eigenvalue weighted by molar-refractivity contribution is 0.0932. The third-order valence-electron chi connectivity index (χ3n) is 3.14. The second-order valence-corrected chi connectivity index (χ2v) is 4.54. The number of phenols is 2. The van der Waals surface area contributed by atoms with Crippen LogP contribution in [0.2, 0.25) is 0 Å². The molecule has 0 radical (unpaired) electrons. The van der Waals surface area contributed by atoms with Gasteiger partial charge in [-0.1, -0.05) is 0 Å². The largest absolute Gasteiger partial charge is 0.508 e. The van der Waals surface area contributed by atoms with Crippen molar-refractivity contribution in [2.75, 3.05) is 13.2 Å². The summed E-state index contributed by atoms with van der Waals surface area (Å²) >= 11 is 0. The summed E-state index contributed by atoms with van der Waals surface area (Å²) in [6.07, 6.45) is 1.80. The van der Waals surface area contributed by atoms with E-state index in [0.717, 1.165) is 12.8 Å². The van der Waals surface area contributed by atoms with Crippen molar-refractivity contribution in [2.24, 2.45) is 5.41 Å². The van der Waals surface area contributed by atoms with Gasteiger partial charge in [0.1, 0.15) is 11.5 Å². The first-order chi connectivity index (χ1) is 8.06. The fraction of sp³-hybridized carbons (Fsp3) is 0.417. The molecule has 5 nitrogen and oxygen atoms in total. The smallest absolute Gasteiger partial charge is 0.255 e. The first-order valence-electron chi connectivity index (χ1n) is 5.47. The van der Waals surface area contributed by atoms with E-state index in [4.69, 9.17) is 5.11 Å². The van der Waals surface area contributed by atoms with Gasteiger partial charge in [-0.05, 0) is 31.0 Å². The monoisotopic (exact) mass is 237 g/mol. The van der Waals surface area contributed by atoms with E-state index >= 15 is 0 Å². The Bertz CT molecular complexity index is 440. The van der Waals surface area contributed by atoms with Gasteiger partial charge in [-0.3, -0.25) is 4.79 Å². The number of aromatic hydroxyl groups is 2. The average Bonchev–Trinajstić information content (AvgIpc) is 3.10. The molecule has 0 bridgehead atoms. The summed E-state index contributed by atoms with van der Waals surface area (Å²) in [5.74, 6) is -0.691. The minimum absolute atomic E-state index is 0.0405. The molecule has 0 heterocycles. The van der Waals surface area contributed by atoms with Crippen LogP contribution in [0.25, 0.3) is 0 Å². The SMILES string of the molecule is O=C(NCC1(CO)CC1)c1cc(O)ccc1O. The van der Waals surface area contributed by atoms with Crippen molar-refractivity contribution < 1.29 is 20.1 Å². The van der Waals surface area contributed by atoms with Crippen molar-refractivity contribution in [1.82, 2.24) is 5.32 Å². The van der Waals surface area contributed by atoms with Crippen LogP contribution in [0.4, 0.5) is 0 Å². The van der Waals surface area contributed by atoms with Crippen LogP contribution in [-0.2, 0) is 0 Å². The molecule has 1 fully saturated rings. The molecule has 92 valence electrons. The Morgan fingerprint density at radius 1 is 1.35 bits per heavy atom. The van der Waals surface area contributed by atoms with E-state index in [1.807, 2.05) is 0 Å². The molecule has 1 aromatic carbocycles. The summed E-state index contributed by atoms with van der Waals surface area (Å²) in [7, 11) is 0. The molecular formula is C12H15NO4. The Kier molecular flexibility index (Phi) is 2.93. The number of benzene rings is 1. The van der Waals surface area contributed by atoms with Crippen molar-refractivity contribution in [3.63, 3.8) is 0 Å². The molecule has 1 saturated carbocycles. The highest BCUT2D eigenvalue weighted by Gasteiger charge is 2.42. The molecule has 1 aliphatic carbocycles. The van der Waals surface area contributed by atoms with E-state index < -0.39 is 5.91 Å². The van der Waals surface area contributed by atoms with Crippen LogP contribution < -0.4 is 5.32 Å². The summed E-state index contributed by atoms with van der Waals surface area (Å²) in [5, 5.41) is 30.5. The summed E-state index contributed by atoms with van der Waals surface area (Å²) in [6, 6.07) is 3.79. The predicted octanol–water partition coefficient (Wildman–Crippen LogP) is 0.600. The summed E-state index contributed by atoms with van der Waals surface area (Å²) < 4.78 is 0. The zero-order chi connectivity index (χ0) is 12.5. The number of carbonyl (C=O) groups excluding carboxylic acids is 1. The normalized spacial score (nSPS) is 16.5. The van der Waals surface area contributed by atoms with Gasteiger partial charge < -0.3 is 20.6 Å². The first kappa shape index (κ1) is 11.7. The predicted molar refractivity (Wildman–Crippen MR) is 60.9 cm³/mol. The zero-order valence-corrected chi connectivity index (χ0v) is 9.31. The maximum Gasteiger partial charge on any atom is 0.255 e. The Morgan fingerprint density at radius 2 is 2.06 bits per heavy atom. The Hall–Kier alpha value is -1.75. The Labute approximate surface area is 98.7 Å². The molecule has 4 N–H and O–H groups in total. The van der Waals surface area contributed by atoms with Crippen LogP contribution in [-0.4, -0.2) is 34.4 Å². The molecular weight excluding hydrogens is 222 g/mol. The van der Waals surface area contributed by atoms with E-state index in [9.17, 15) is 15.0 Å². The fourth-order valence-corrected chi connectivity index (χ4v) is 1.64. The van der Waals surface area contributed by atoms with Crippen molar-refractivity contribution in [2.45, 2.75) is 12.8 Å². The van der Waals surface area contributed by atoms with E-state index in [2.05, 4.69) is 5.32 Å². The molecule has 1 amide bonds. The van der Waals surface area contributed by atoms with Gasteiger partial charge in [0.15, 0.2) is 0 Å². The number of hydrogen-bond acceptors (Lipinski definition) is 4. The van der Waals surface area contributed by atoms with Gasteiger partial charge in [0.05, 0.1) is 12.2 Å². The van der Waals surface area contributed by atoms with Gasteiger partial charge in [0, 0.05) is 12.0 Å². The lowest BCUT2D eigenvalue weighted by Crippen LogP contribution is -2.31. The molecule has 0 atom stereocenters. The number of rotatable bonds is 4. The van der Waals surface area contributed by atoms with Gasteiger partial charge >= 0.3 is 0 Å². The molecule has 17 heavy (non-hydrogen) atoms. The molecule has 0 spiro atoms. The van der Waals surface area contributed by atoms with Crippen LogP contribution in [0.15, 0.2) is 18.2 Å². The lowest BCUT2D eigenvalue weighted by Gasteiger charge is -2.13. The quantitative estimate of drug-likeness (QED) is 0.577. The van der Waals surface area contributed by atoms with Crippen molar-refractivity contribution in [3.8, 4) is 11.5 Å². The fourth-order valence-electron chi connectivity index (χ4n) is 1.64. The number of aliphatic hydroxyl groups is 1. The van der Waals surface area contributed by atoms with Crippen molar-refractivity contribution >= 4 is 5.91 Å². The molecule has 1 aromatic rings. The number of phenolic OH excluding ortho intramolecular Hbond substituents is 2. The number of nitrogens with one attached hydrogen (secondary N) is 1. The molecule has 0 unspecified atom stereocenters. The van der Waals surface area contributed by atoms with Crippen LogP contribution >= 0.6 is 0 Å². The van der Waals surface area contributed by atoms with Crippen LogP contribution in [0.5, 0.6) is 11.5 Å². The van der Waals surface area contributed by atoms with Crippen LogP contribution in [0.1, 0.15) is 23.2 Å². The first-order valence-corrected chi connectivity index (χ1v) is 5.47.